The maximum Gasteiger partial charge on any atom is 0.251 e. The SMILES string of the molecule is COCCn1c(=NC(=O)C2CC2)sc2cc(NC(C)=O)ccc21. The number of carbonyl (C=O) groups is 2. The number of carbonyl (C=O) groups excluding carboxylic acids is 2. The normalized spacial score (nSPS) is 15.1. The molecule has 1 fully saturated rings. The predicted octanol–water partition coefficient (Wildman–Crippen LogP) is 2.14. The van der Waals surface area contributed by atoms with Gasteiger partial charge in [0.1, 0.15) is 0 Å². The Morgan fingerprint density at radius 3 is 2.87 bits per heavy atom. The molecule has 1 N–H and O–H groups in total. The van der Waals surface area contributed by atoms with Crippen LogP contribution < -0.4 is 10.1 Å². The quantitative estimate of drug-likeness (QED) is 0.911. The molecule has 0 aliphatic heterocycles. The molecule has 0 bridgehead atoms. The van der Waals surface area contributed by atoms with E-state index in [0.717, 1.165) is 28.7 Å². The number of hydrogen-bond acceptors (Lipinski definition) is 4. The van der Waals surface area contributed by atoms with E-state index in [0.29, 0.717) is 18.0 Å². The summed E-state index contributed by atoms with van der Waals surface area (Å²) >= 11 is 1.46. The lowest BCUT2D eigenvalue weighted by Crippen LogP contribution is -2.19. The summed E-state index contributed by atoms with van der Waals surface area (Å²) in [5.74, 6) is -0.0437. The molecule has 7 heteroatoms. The Bertz CT molecular complexity index is 818. The molecule has 0 unspecified atom stereocenters. The molecule has 122 valence electrons. The van der Waals surface area contributed by atoms with E-state index in [1.165, 1.54) is 18.3 Å². The average Bonchev–Trinajstić information content (AvgIpc) is 3.28. The summed E-state index contributed by atoms with van der Waals surface area (Å²) in [5, 5.41) is 2.77. The Morgan fingerprint density at radius 2 is 2.22 bits per heavy atom. The highest BCUT2D eigenvalue weighted by Gasteiger charge is 2.29. The third-order valence-corrected chi connectivity index (χ3v) is 4.70. The fourth-order valence-corrected chi connectivity index (χ4v) is 3.45. The number of amides is 2. The minimum atomic E-state index is -0.109. The van der Waals surface area contributed by atoms with Crippen LogP contribution in [0.4, 0.5) is 5.69 Å². The second-order valence-corrected chi connectivity index (χ2v) is 6.63. The van der Waals surface area contributed by atoms with E-state index >= 15 is 0 Å². The van der Waals surface area contributed by atoms with Crippen molar-refractivity contribution < 1.29 is 14.3 Å². The lowest BCUT2D eigenvalue weighted by molar-refractivity contribution is -0.119. The Labute approximate surface area is 137 Å². The molecule has 1 saturated carbocycles. The van der Waals surface area contributed by atoms with E-state index in [1.807, 2.05) is 22.8 Å². The van der Waals surface area contributed by atoms with Crippen molar-refractivity contribution in [1.82, 2.24) is 4.57 Å². The van der Waals surface area contributed by atoms with Gasteiger partial charge in [-0.05, 0) is 31.0 Å². The molecular formula is C16H19N3O3S. The zero-order valence-corrected chi connectivity index (χ0v) is 14.0. The first kappa shape index (κ1) is 15.9. The molecule has 0 saturated heterocycles. The lowest BCUT2D eigenvalue weighted by Gasteiger charge is -2.05. The van der Waals surface area contributed by atoms with Gasteiger partial charge in [-0.3, -0.25) is 9.59 Å². The van der Waals surface area contributed by atoms with E-state index in [9.17, 15) is 9.59 Å². The van der Waals surface area contributed by atoms with Crippen LogP contribution in [0.2, 0.25) is 0 Å². The average molecular weight is 333 g/mol. The second-order valence-electron chi connectivity index (χ2n) is 5.62. The first-order valence-electron chi connectivity index (χ1n) is 7.57. The Hall–Kier alpha value is -1.99. The monoisotopic (exact) mass is 333 g/mol. The minimum absolute atomic E-state index is 0.0372. The van der Waals surface area contributed by atoms with Gasteiger partial charge in [-0.2, -0.15) is 4.99 Å². The number of anilines is 1. The Morgan fingerprint density at radius 1 is 1.43 bits per heavy atom. The summed E-state index contributed by atoms with van der Waals surface area (Å²) in [6.45, 7) is 2.66. The van der Waals surface area contributed by atoms with E-state index in [-0.39, 0.29) is 17.7 Å². The van der Waals surface area contributed by atoms with Gasteiger partial charge in [-0.15, -0.1) is 0 Å². The first-order valence-corrected chi connectivity index (χ1v) is 8.38. The number of hydrogen-bond donors (Lipinski definition) is 1. The smallest absolute Gasteiger partial charge is 0.251 e. The van der Waals surface area contributed by atoms with Crippen LogP contribution in [0.25, 0.3) is 10.2 Å². The molecule has 1 aliphatic rings. The molecule has 23 heavy (non-hydrogen) atoms. The number of benzene rings is 1. The van der Waals surface area contributed by atoms with Gasteiger partial charge >= 0.3 is 0 Å². The van der Waals surface area contributed by atoms with Crippen LogP contribution in [-0.4, -0.2) is 30.1 Å². The number of rotatable bonds is 5. The highest BCUT2D eigenvalue weighted by Crippen LogP contribution is 2.30. The highest BCUT2D eigenvalue weighted by molar-refractivity contribution is 7.16. The number of fused-ring (bicyclic) bond motifs is 1. The highest BCUT2D eigenvalue weighted by atomic mass is 32.1. The summed E-state index contributed by atoms with van der Waals surface area (Å²) < 4.78 is 8.14. The number of aromatic nitrogens is 1. The molecule has 6 nitrogen and oxygen atoms in total. The largest absolute Gasteiger partial charge is 0.383 e. The number of ether oxygens (including phenoxy) is 1. The van der Waals surface area contributed by atoms with Crippen molar-refractivity contribution in [2.75, 3.05) is 19.0 Å². The van der Waals surface area contributed by atoms with Crippen LogP contribution in [-0.2, 0) is 20.9 Å². The van der Waals surface area contributed by atoms with Crippen molar-refractivity contribution in [2.45, 2.75) is 26.3 Å². The van der Waals surface area contributed by atoms with Gasteiger partial charge in [0.05, 0.1) is 16.8 Å². The topological polar surface area (TPSA) is 72.7 Å². The van der Waals surface area contributed by atoms with Gasteiger partial charge in [-0.1, -0.05) is 11.3 Å². The fourth-order valence-electron chi connectivity index (χ4n) is 2.35. The van der Waals surface area contributed by atoms with E-state index in [1.54, 1.807) is 7.11 Å². The van der Waals surface area contributed by atoms with Gasteiger partial charge in [0.2, 0.25) is 5.91 Å². The van der Waals surface area contributed by atoms with Gasteiger partial charge in [0, 0.05) is 32.2 Å². The molecule has 0 atom stereocenters. The van der Waals surface area contributed by atoms with Gasteiger partial charge < -0.3 is 14.6 Å². The third-order valence-electron chi connectivity index (χ3n) is 3.65. The molecule has 1 aliphatic carbocycles. The number of methoxy groups -OCH3 is 1. The molecule has 1 aromatic carbocycles. The van der Waals surface area contributed by atoms with E-state index < -0.39 is 0 Å². The minimum Gasteiger partial charge on any atom is -0.383 e. The third kappa shape index (κ3) is 3.68. The van der Waals surface area contributed by atoms with E-state index in [4.69, 9.17) is 4.74 Å². The lowest BCUT2D eigenvalue weighted by atomic mass is 10.3. The summed E-state index contributed by atoms with van der Waals surface area (Å²) in [6.07, 6.45) is 1.88. The summed E-state index contributed by atoms with van der Waals surface area (Å²) in [4.78, 5) is 28.2. The molecule has 1 aromatic heterocycles. The van der Waals surface area contributed by atoms with Crippen LogP contribution in [0.15, 0.2) is 23.2 Å². The van der Waals surface area contributed by atoms with Crippen molar-refractivity contribution in [3.8, 4) is 0 Å². The molecule has 0 radical (unpaired) electrons. The van der Waals surface area contributed by atoms with Crippen LogP contribution in [0.5, 0.6) is 0 Å². The standard InChI is InChI=1S/C16H19N3O3S/c1-10(20)17-12-5-6-13-14(9-12)23-16(19(13)7-8-22-2)18-15(21)11-3-4-11/h5-6,9,11H,3-4,7-8H2,1-2H3,(H,17,20). The van der Waals surface area contributed by atoms with Crippen LogP contribution in [0, 0.1) is 5.92 Å². The molecule has 2 aromatic rings. The van der Waals surface area contributed by atoms with Crippen molar-refractivity contribution >= 4 is 39.1 Å². The summed E-state index contributed by atoms with van der Waals surface area (Å²) in [5.41, 5.74) is 1.73. The van der Waals surface area contributed by atoms with Gasteiger partial charge in [0.25, 0.3) is 5.91 Å². The maximum absolute atomic E-state index is 12.0. The summed E-state index contributed by atoms with van der Waals surface area (Å²) in [6, 6.07) is 5.70. The van der Waals surface area contributed by atoms with Crippen molar-refractivity contribution in [3.05, 3.63) is 23.0 Å². The first-order chi connectivity index (χ1) is 11.1. The zero-order valence-electron chi connectivity index (χ0n) is 13.2. The molecule has 3 rings (SSSR count). The van der Waals surface area contributed by atoms with Crippen molar-refractivity contribution in [2.24, 2.45) is 10.9 Å². The van der Waals surface area contributed by atoms with Crippen LogP contribution >= 0.6 is 11.3 Å². The van der Waals surface area contributed by atoms with Gasteiger partial charge in [0.15, 0.2) is 4.80 Å². The fraction of sp³-hybridized carbons (Fsp3) is 0.438. The van der Waals surface area contributed by atoms with E-state index in [2.05, 4.69) is 10.3 Å². The second kappa shape index (κ2) is 6.64. The van der Waals surface area contributed by atoms with Gasteiger partial charge in [-0.25, -0.2) is 0 Å². The predicted molar refractivity (Wildman–Crippen MR) is 89.3 cm³/mol. The summed E-state index contributed by atoms with van der Waals surface area (Å²) in [7, 11) is 1.65. The number of nitrogens with zero attached hydrogens (tertiary/aromatic N) is 2. The Kier molecular flexibility index (Phi) is 4.58. The van der Waals surface area contributed by atoms with Crippen molar-refractivity contribution in [3.63, 3.8) is 0 Å². The van der Waals surface area contributed by atoms with Crippen LogP contribution in [0.3, 0.4) is 0 Å². The number of nitrogens with one attached hydrogen (secondary N) is 1. The number of thiazole rings is 1. The molecule has 1 heterocycles. The Balaban J connectivity index is 2.05. The molecular weight excluding hydrogens is 314 g/mol. The zero-order chi connectivity index (χ0) is 16.4. The van der Waals surface area contributed by atoms with Crippen molar-refractivity contribution in [1.29, 1.82) is 0 Å². The molecule has 0 spiro atoms. The van der Waals surface area contributed by atoms with Crippen LogP contribution in [0.1, 0.15) is 19.8 Å². The maximum atomic E-state index is 12.0. The molecule has 2 amide bonds.